The Kier molecular flexibility index (Phi) is 4.13. The molecule has 0 radical (unpaired) electrons. The third kappa shape index (κ3) is 2.95. The molecule has 1 aromatic rings. The lowest BCUT2D eigenvalue weighted by atomic mass is 10.1. The number of nitrogens with two attached hydrogens (primary N) is 1. The van der Waals surface area contributed by atoms with E-state index in [1.807, 2.05) is 25.1 Å². The van der Waals surface area contributed by atoms with E-state index in [1.165, 1.54) is 0 Å². The minimum absolute atomic E-state index is 0.397. The van der Waals surface area contributed by atoms with Crippen molar-refractivity contribution < 1.29 is 4.74 Å². The first-order valence-electron chi connectivity index (χ1n) is 4.63. The van der Waals surface area contributed by atoms with E-state index in [-0.39, 0.29) is 0 Å². The largest absolute Gasteiger partial charge is 0.475 e. The van der Waals surface area contributed by atoms with Crippen LogP contribution in [0.3, 0.4) is 0 Å². The second-order valence-electron chi connectivity index (χ2n) is 3.30. The van der Waals surface area contributed by atoms with Crippen molar-refractivity contribution >= 4 is 15.9 Å². The zero-order chi connectivity index (χ0) is 11.4. The summed E-state index contributed by atoms with van der Waals surface area (Å²) in [4.78, 5) is 0. The fraction of sp³-hybridized carbons (Fsp3) is 0.364. The van der Waals surface area contributed by atoms with Crippen LogP contribution in [0.5, 0.6) is 5.75 Å². The summed E-state index contributed by atoms with van der Waals surface area (Å²) in [5, 5.41) is 8.69. The average molecular weight is 269 g/mol. The highest BCUT2D eigenvalue weighted by Gasteiger charge is 2.10. The minimum atomic E-state index is -0.463. The van der Waals surface area contributed by atoms with Crippen molar-refractivity contribution in [1.29, 1.82) is 5.26 Å². The van der Waals surface area contributed by atoms with Crippen molar-refractivity contribution in [2.75, 3.05) is 0 Å². The highest BCUT2D eigenvalue weighted by Crippen LogP contribution is 2.28. The smallest absolute Gasteiger partial charge is 0.181 e. The number of nitrogens with zero attached hydrogens (tertiary/aromatic N) is 1. The molecule has 1 aromatic carbocycles. The third-order valence-electron chi connectivity index (χ3n) is 2.01. The van der Waals surface area contributed by atoms with Crippen LogP contribution in [0.2, 0.25) is 0 Å². The Bertz CT molecular complexity index is 398. The van der Waals surface area contributed by atoms with Crippen molar-refractivity contribution in [2.24, 2.45) is 5.73 Å². The molecule has 0 aliphatic rings. The van der Waals surface area contributed by atoms with Gasteiger partial charge in [-0.25, -0.2) is 0 Å². The molecule has 15 heavy (non-hydrogen) atoms. The molecule has 80 valence electrons. The Morgan fingerprint density at radius 3 is 2.80 bits per heavy atom. The van der Waals surface area contributed by atoms with Gasteiger partial charge in [0.15, 0.2) is 6.10 Å². The molecule has 0 amide bonds. The molecule has 1 rings (SSSR count). The van der Waals surface area contributed by atoms with Crippen LogP contribution in [0.4, 0.5) is 0 Å². The molecule has 2 N–H and O–H groups in total. The van der Waals surface area contributed by atoms with Crippen LogP contribution in [0.25, 0.3) is 0 Å². The lowest BCUT2D eigenvalue weighted by Crippen LogP contribution is -2.12. The van der Waals surface area contributed by atoms with Gasteiger partial charge in [0, 0.05) is 16.6 Å². The van der Waals surface area contributed by atoms with Gasteiger partial charge in [-0.15, -0.1) is 0 Å². The summed E-state index contributed by atoms with van der Waals surface area (Å²) < 4.78 is 6.48. The van der Waals surface area contributed by atoms with Crippen LogP contribution in [-0.4, -0.2) is 6.10 Å². The highest BCUT2D eigenvalue weighted by molar-refractivity contribution is 9.10. The van der Waals surface area contributed by atoms with Crippen LogP contribution >= 0.6 is 15.9 Å². The Balaban J connectivity index is 3.10. The van der Waals surface area contributed by atoms with Crippen molar-refractivity contribution in [3.05, 3.63) is 27.7 Å². The highest BCUT2D eigenvalue weighted by atomic mass is 79.9. The van der Waals surface area contributed by atoms with Gasteiger partial charge in [0.1, 0.15) is 11.8 Å². The molecule has 1 unspecified atom stereocenters. The molecule has 0 aromatic heterocycles. The van der Waals surface area contributed by atoms with Gasteiger partial charge in [-0.1, -0.05) is 15.9 Å². The van der Waals surface area contributed by atoms with E-state index in [4.69, 9.17) is 15.7 Å². The van der Waals surface area contributed by atoms with E-state index < -0.39 is 6.10 Å². The first kappa shape index (κ1) is 12.0. The molecule has 0 saturated carbocycles. The SMILES string of the molecule is Cc1cc(Br)cc(CN)c1OC(C)C#N. The van der Waals surface area contributed by atoms with E-state index in [2.05, 4.69) is 15.9 Å². The zero-order valence-corrected chi connectivity index (χ0v) is 10.3. The first-order valence-corrected chi connectivity index (χ1v) is 5.43. The van der Waals surface area contributed by atoms with E-state index in [0.29, 0.717) is 6.54 Å². The standard InChI is InChI=1S/C11H13BrN2O/c1-7-3-10(12)4-9(6-14)11(7)15-8(2)5-13/h3-4,8H,6,14H2,1-2H3. The molecule has 3 nitrogen and oxygen atoms in total. The quantitative estimate of drug-likeness (QED) is 0.917. The fourth-order valence-corrected chi connectivity index (χ4v) is 1.94. The molecule has 1 atom stereocenters. The van der Waals surface area contributed by atoms with Crippen LogP contribution in [0.1, 0.15) is 18.1 Å². The Labute approximate surface area is 98.0 Å². The predicted molar refractivity (Wildman–Crippen MR) is 62.5 cm³/mol. The monoisotopic (exact) mass is 268 g/mol. The summed E-state index contributed by atoms with van der Waals surface area (Å²) in [5.41, 5.74) is 7.51. The van der Waals surface area contributed by atoms with Crippen molar-refractivity contribution in [2.45, 2.75) is 26.5 Å². The van der Waals surface area contributed by atoms with Gasteiger partial charge in [0.25, 0.3) is 0 Å². The number of hydrogen-bond acceptors (Lipinski definition) is 3. The zero-order valence-electron chi connectivity index (χ0n) is 8.75. The van der Waals surface area contributed by atoms with Gasteiger partial charge >= 0.3 is 0 Å². The Morgan fingerprint density at radius 1 is 1.60 bits per heavy atom. The maximum atomic E-state index is 8.69. The third-order valence-corrected chi connectivity index (χ3v) is 2.47. The summed E-state index contributed by atoms with van der Waals surface area (Å²) in [6, 6.07) is 5.88. The number of hydrogen-bond donors (Lipinski definition) is 1. The average Bonchev–Trinajstić information content (AvgIpc) is 2.21. The van der Waals surface area contributed by atoms with E-state index in [1.54, 1.807) is 6.92 Å². The molecule has 0 saturated heterocycles. The van der Waals surface area contributed by atoms with Crippen LogP contribution in [-0.2, 0) is 6.54 Å². The normalized spacial score (nSPS) is 11.9. The van der Waals surface area contributed by atoms with Gasteiger partial charge < -0.3 is 10.5 Å². The molecular formula is C11H13BrN2O. The second-order valence-corrected chi connectivity index (χ2v) is 4.22. The summed E-state index contributed by atoms with van der Waals surface area (Å²) in [6.45, 7) is 4.04. The number of rotatable bonds is 3. The predicted octanol–water partition coefficient (Wildman–Crippen LogP) is 2.51. The topological polar surface area (TPSA) is 59.0 Å². The van der Waals surface area contributed by atoms with Gasteiger partial charge in [-0.05, 0) is 31.5 Å². The summed E-state index contributed by atoms with van der Waals surface area (Å²) in [6.07, 6.45) is -0.463. The molecule has 0 aliphatic heterocycles. The van der Waals surface area contributed by atoms with Gasteiger partial charge in [-0.2, -0.15) is 5.26 Å². The molecule has 0 spiro atoms. The number of halogens is 1. The maximum absolute atomic E-state index is 8.69. The number of aryl methyl sites for hydroxylation is 1. The molecule has 0 bridgehead atoms. The van der Waals surface area contributed by atoms with Gasteiger partial charge in [-0.3, -0.25) is 0 Å². The number of benzene rings is 1. The molecule has 0 heterocycles. The number of nitriles is 1. The van der Waals surface area contributed by atoms with Crippen molar-refractivity contribution in [1.82, 2.24) is 0 Å². The van der Waals surface area contributed by atoms with Gasteiger partial charge in [0.05, 0.1) is 0 Å². The van der Waals surface area contributed by atoms with Crippen LogP contribution in [0.15, 0.2) is 16.6 Å². The molecule has 4 heteroatoms. The fourth-order valence-electron chi connectivity index (χ4n) is 1.32. The van der Waals surface area contributed by atoms with Crippen molar-refractivity contribution in [3.63, 3.8) is 0 Å². The first-order chi connectivity index (χ1) is 7.08. The molecular weight excluding hydrogens is 256 g/mol. The van der Waals surface area contributed by atoms with Crippen molar-refractivity contribution in [3.8, 4) is 11.8 Å². The van der Waals surface area contributed by atoms with E-state index in [0.717, 1.165) is 21.3 Å². The summed E-state index contributed by atoms with van der Waals surface area (Å²) in [5.74, 6) is 0.717. The molecule has 0 aliphatic carbocycles. The second kappa shape index (κ2) is 5.15. The Morgan fingerprint density at radius 2 is 2.27 bits per heavy atom. The van der Waals surface area contributed by atoms with E-state index in [9.17, 15) is 0 Å². The maximum Gasteiger partial charge on any atom is 0.181 e. The van der Waals surface area contributed by atoms with Crippen LogP contribution in [0, 0.1) is 18.3 Å². The molecule has 0 fully saturated rings. The van der Waals surface area contributed by atoms with E-state index >= 15 is 0 Å². The lowest BCUT2D eigenvalue weighted by Gasteiger charge is -2.15. The number of ether oxygens (including phenoxy) is 1. The van der Waals surface area contributed by atoms with Gasteiger partial charge in [0.2, 0.25) is 0 Å². The summed E-state index contributed by atoms with van der Waals surface area (Å²) >= 11 is 3.40. The minimum Gasteiger partial charge on any atom is -0.475 e. The van der Waals surface area contributed by atoms with Crippen LogP contribution < -0.4 is 10.5 Å². The Hall–Kier alpha value is -1.05. The summed E-state index contributed by atoms with van der Waals surface area (Å²) in [7, 11) is 0. The lowest BCUT2D eigenvalue weighted by molar-refractivity contribution is 0.272.